The molecule has 0 saturated heterocycles. The number of benzene rings is 2. The maximum absolute atomic E-state index is 12.6. The molecule has 8 heteroatoms. The van der Waals surface area contributed by atoms with E-state index in [0.29, 0.717) is 5.56 Å². The highest BCUT2D eigenvalue weighted by atomic mass is 19.3. The van der Waals surface area contributed by atoms with Gasteiger partial charge in [-0.25, -0.2) is 4.79 Å². The van der Waals surface area contributed by atoms with Crippen LogP contribution in [0.2, 0.25) is 0 Å². The van der Waals surface area contributed by atoms with E-state index in [1.165, 1.54) is 31.2 Å². The molecule has 2 aromatic carbocycles. The maximum atomic E-state index is 12.6. The van der Waals surface area contributed by atoms with Gasteiger partial charge in [0.2, 0.25) is 5.91 Å². The lowest BCUT2D eigenvalue weighted by Gasteiger charge is -2.17. The van der Waals surface area contributed by atoms with Crippen molar-refractivity contribution in [1.29, 1.82) is 0 Å². The van der Waals surface area contributed by atoms with Gasteiger partial charge in [-0.3, -0.25) is 4.79 Å². The molecular weight excluding hydrogens is 382 g/mol. The molecular formula is C21H20F2N2O4. The number of hydrogen-bond donors (Lipinski definition) is 2. The second-order valence-electron chi connectivity index (χ2n) is 6.45. The smallest absolute Gasteiger partial charge is 0.387 e. The minimum absolute atomic E-state index is 0.0190. The maximum Gasteiger partial charge on any atom is 0.387 e. The van der Waals surface area contributed by atoms with Crippen LogP contribution in [0.25, 0.3) is 10.9 Å². The van der Waals surface area contributed by atoms with E-state index in [-0.39, 0.29) is 24.7 Å². The summed E-state index contributed by atoms with van der Waals surface area (Å²) < 4.78 is 34.0. The Bertz CT molecular complexity index is 986. The molecule has 29 heavy (non-hydrogen) atoms. The number of esters is 1. The highest BCUT2D eigenvalue weighted by molar-refractivity contribution is 5.86. The Morgan fingerprint density at radius 2 is 1.83 bits per heavy atom. The first-order valence-corrected chi connectivity index (χ1v) is 8.95. The summed E-state index contributed by atoms with van der Waals surface area (Å²) in [5.74, 6) is -0.913. The van der Waals surface area contributed by atoms with E-state index >= 15 is 0 Å². The topological polar surface area (TPSA) is 80.4 Å². The molecule has 1 atom stereocenters. The van der Waals surface area contributed by atoms with Crippen LogP contribution < -0.4 is 10.1 Å². The third-order valence-electron chi connectivity index (χ3n) is 4.29. The molecule has 0 spiro atoms. The summed E-state index contributed by atoms with van der Waals surface area (Å²) in [5, 5.41) is 3.58. The van der Waals surface area contributed by atoms with Gasteiger partial charge in [0.25, 0.3) is 0 Å². The number of aromatic nitrogens is 1. The summed E-state index contributed by atoms with van der Waals surface area (Å²) in [7, 11) is 0. The van der Waals surface area contributed by atoms with E-state index in [2.05, 4.69) is 15.0 Å². The third-order valence-corrected chi connectivity index (χ3v) is 4.29. The fourth-order valence-corrected chi connectivity index (χ4v) is 2.98. The largest absolute Gasteiger partial charge is 0.459 e. The van der Waals surface area contributed by atoms with Crippen LogP contribution in [0.1, 0.15) is 18.1 Å². The number of aromatic amines is 1. The first-order chi connectivity index (χ1) is 13.9. The van der Waals surface area contributed by atoms with Gasteiger partial charge in [0, 0.05) is 30.4 Å². The van der Waals surface area contributed by atoms with Crippen molar-refractivity contribution in [3.8, 4) is 5.75 Å². The summed E-state index contributed by atoms with van der Waals surface area (Å²) in [6.45, 7) is -1.63. The van der Waals surface area contributed by atoms with Crippen LogP contribution >= 0.6 is 0 Å². The van der Waals surface area contributed by atoms with Crippen molar-refractivity contribution < 1.29 is 27.8 Å². The Morgan fingerprint density at radius 1 is 1.10 bits per heavy atom. The molecule has 152 valence electrons. The predicted octanol–water partition coefficient (Wildman–Crippen LogP) is 3.56. The lowest BCUT2D eigenvalue weighted by Crippen LogP contribution is -2.42. The van der Waals surface area contributed by atoms with Crippen molar-refractivity contribution >= 4 is 22.8 Å². The zero-order chi connectivity index (χ0) is 20.8. The molecule has 3 rings (SSSR count). The zero-order valence-electron chi connectivity index (χ0n) is 15.7. The quantitative estimate of drug-likeness (QED) is 0.565. The van der Waals surface area contributed by atoms with Gasteiger partial charge in [0.15, 0.2) is 0 Å². The number of fused-ring (bicyclic) bond motifs is 1. The standard InChI is InChI=1S/C21H20F2N2O4/c1-13(26)25-19(10-15-11-24-18-5-3-2-4-17(15)18)20(27)28-12-14-6-8-16(9-7-14)29-21(22)23/h2-9,11,19,21,24H,10,12H2,1H3,(H,25,26)/t19-/m0/s1. The van der Waals surface area contributed by atoms with E-state index in [0.717, 1.165) is 16.5 Å². The summed E-state index contributed by atoms with van der Waals surface area (Å²) in [5.41, 5.74) is 2.42. The molecule has 2 N–H and O–H groups in total. The number of nitrogens with one attached hydrogen (secondary N) is 2. The molecule has 0 unspecified atom stereocenters. The van der Waals surface area contributed by atoms with E-state index in [1.54, 1.807) is 6.20 Å². The Morgan fingerprint density at radius 3 is 2.52 bits per heavy atom. The van der Waals surface area contributed by atoms with Crippen LogP contribution in [0.5, 0.6) is 5.75 Å². The van der Waals surface area contributed by atoms with Gasteiger partial charge in [0.05, 0.1) is 0 Å². The summed E-state index contributed by atoms with van der Waals surface area (Å²) in [4.78, 5) is 27.2. The first kappa shape index (κ1) is 20.3. The van der Waals surface area contributed by atoms with Gasteiger partial charge in [-0.1, -0.05) is 30.3 Å². The molecule has 1 heterocycles. The molecule has 0 bridgehead atoms. The average molecular weight is 402 g/mol. The van der Waals surface area contributed by atoms with Crippen molar-refractivity contribution in [1.82, 2.24) is 10.3 Å². The summed E-state index contributed by atoms with van der Waals surface area (Å²) in [6.07, 6.45) is 2.07. The predicted molar refractivity (Wildman–Crippen MR) is 102 cm³/mol. The molecule has 0 aliphatic carbocycles. The number of amides is 1. The van der Waals surface area contributed by atoms with Gasteiger partial charge in [-0.15, -0.1) is 0 Å². The minimum atomic E-state index is -2.90. The van der Waals surface area contributed by atoms with Gasteiger partial charge in [-0.05, 0) is 29.3 Å². The monoisotopic (exact) mass is 402 g/mol. The summed E-state index contributed by atoms with van der Waals surface area (Å²) >= 11 is 0. The second-order valence-corrected chi connectivity index (χ2v) is 6.45. The molecule has 0 radical (unpaired) electrons. The second kappa shape index (κ2) is 9.18. The molecule has 0 saturated carbocycles. The number of hydrogen-bond acceptors (Lipinski definition) is 4. The van der Waals surface area contributed by atoms with Crippen molar-refractivity contribution in [3.05, 3.63) is 65.9 Å². The van der Waals surface area contributed by atoms with Crippen LogP contribution in [0.3, 0.4) is 0 Å². The number of alkyl halides is 2. The van der Waals surface area contributed by atoms with E-state index in [1.807, 2.05) is 24.3 Å². The van der Waals surface area contributed by atoms with Crippen LogP contribution in [-0.2, 0) is 27.4 Å². The Labute approximate surface area is 165 Å². The molecule has 0 fully saturated rings. The number of halogens is 2. The molecule has 0 aliphatic rings. The number of H-pyrrole nitrogens is 1. The molecule has 6 nitrogen and oxygen atoms in total. The van der Waals surface area contributed by atoms with Crippen LogP contribution in [0, 0.1) is 0 Å². The van der Waals surface area contributed by atoms with Crippen molar-refractivity contribution in [3.63, 3.8) is 0 Å². The number of rotatable bonds is 8. The van der Waals surface area contributed by atoms with Crippen LogP contribution in [0.15, 0.2) is 54.7 Å². The lowest BCUT2D eigenvalue weighted by atomic mass is 10.0. The first-order valence-electron chi connectivity index (χ1n) is 8.95. The highest BCUT2D eigenvalue weighted by Crippen LogP contribution is 2.20. The van der Waals surface area contributed by atoms with Crippen molar-refractivity contribution in [2.45, 2.75) is 32.6 Å². The summed E-state index contributed by atoms with van der Waals surface area (Å²) in [6, 6.07) is 12.6. The molecule has 3 aromatic rings. The van der Waals surface area contributed by atoms with Gasteiger partial charge in [-0.2, -0.15) is 8.78 Å². The molecule has 0 aliphatic heterocycles. The Hall–Kier alpha value is -3.42. The fourth-order valence-electron chi connectivity index (χ4n) is 2.98. The lowest BCUT2D eigenvalue weighted by molar-refractivity contribution is -0.149. The SMILES string of the molecule is CC(=O)N[C@@H](Cc1c[nH]c2ccccc12)C(=O)OCc1ccc(OC(F)F)cc1. The van der Waals surface area contributed by atoms with Gasteiger partial charge >= 0.3 is 12.6 Å². The average Bonchev–Trinajstić information content (AvgIpc) is 3.09. The normalized spacial score (nSPS) is 12.0. The van der Waals surface area contributed by atoms with Crippen LogP contribution in [0.4, 0.5) is 8.78 Å². The number of para-hydroxylation sites is 1. The Kier molecular flexibility index (Phi) is 6.43. The number of ether oxygens (including phenoxy) is 2. The number of carbonyl (C=O) groups is 2. The van der Waals surface area contributed by atoms with Gasteiger partial charge in [0.1, 0.15) is 18.4 Å². The van der Waals surface area contributed by atoms with Crippen molar-refractivity contribution in [2.24, 2.45) is 0 Å². The Balaban J connectivity index is 1.65. The third kappa shape index (κ3) is 5.54. The fraction of sp³-hybridized carbons (Fsp3) is 0.238. The van der Waals surface area contributed by atoms with E-state index in [9.17, 15) is 18.4 Å². The van der Waals surface area contributed by atoms with E-state index < -0.39 is 18.6 Å². The van der Waals surface area contributed by atoms with Gasteiger partial charge < -0.3 is 19.8 Å². The number of carbonyl (C=O) groups excluding carboxylic acids is 2. The zero-order valence-corrected chi connectivity index (χ0v) is 15.7. The molecule has 1 amide bonds. The molecule has 1 aromatic heterocycles. The van der Waals surface area contributed by atoms with E-state index in [4.69, 9.17) is 4.74 Å². The van der Waals surface area contributed by atoms with Crippen LogP contribution in [-0.4, -0.2) is 29.5 Å². The minimum Gasteiger partial charge on any atom is -0.459 e. The highest BCUT2D eigenvalue weighted by Gasteiger charge is 2.23. The van der Waals surface area contributed by atoms with Crippen molar-refractivity contribution in [2.75, 3.05) is 0 Å².